The van der Waals surface area contributed by atoms with Gasteiger partial charge in [0.15, 0.2) is 0 Å². The van der Waals surface area contributed by atoms with E-state index in [4.69, 9.17) is 4.74 Å². The Kier molecular flexibility index (Phi) is 5.64. The number of hydrogen-bond acceptors (Lipinski definition) is 5. The third-order valence-corrected chi connectivity index (χ3v) is 4.40. The summed E-state index contributed by atoms with van der Waals surface area (Å²) >= 11 is 1.52. The fraction of sp³-hybridized carbons (Fsp3) is 0.105. The van der Waals surface area contributed by atoms with Crippen LogP contribution in [0, 0.1) is 0 Å². The molecular formula is C19H17N3O2S. The third-order valence-electron chi connectivity index (χ3n) is 3.29. The van der Waals surface area contributed by atoms with Crippen LogP contribution in [-0.4, -0.2) is 21.1 Å². The average Bonchev–Trinajstić information content (AvgIpc) is 2.63. The van der Waals surface area contributed by atoms with Gasteiger partial charge in [0.05, 0.1) is 11.4 Å². The predicted octanol–water partition coefficient (Wildman–Crippen LogP) is 4.39. The van der Waals surface area contributed by atoms with Gasteiger partial charge in [0.2, 0.25) is 11.8 Å². The van der Waals surface area contributed by atoms with E-state index in [2.05, 4.69) is 15.3 Å². The highest BCUT2D eigenvalue weighted by atomic mass is 32.2. The van der Waals surface area contributed by atoms with Crippen molar-refractivity contribution < 1.29 is 9.53 Å². The van der Waals surface area contributed by atoms with Crippen molar-refractivity contribution in [3.8, 4) is 11.6 Å². The van der Waals surface area contributed by atoms with Gasteiger partial charge in [0.1, 0.15) is 5.75 Å². The molecule has 0 saturated carbocycles. The van der Waals surface area contributed by atoms with Gasteiger partial charge in [0, 0.05) is 29.0 Å². The first kappa shape index (κ1) is 17.0. The van der Waals surface area contributed by atoms with E-state index >= 15 is 0 Å². The topological polar surface area (TPSA) is 64.1 Å². The maximum Gasteiger partial charge on any atom is 0.237 e. The molecule has 1 amide bonds. The largest absolute Gasteiger partial charge is 0.437 e. The standard InChI is InChI=1S/C19H17N3O2S/c1-14(25-17-8-3-2-4-9-17)19(23)22-15-6-5-7-16(12-15)24-18-13-20-10-11-21-18/h2-14H,1H3,(H,22,23). The number of rotatable bonds is 6. The lowest BCUT2D eigenvalue weighted by Gasteiger charge is -2.13. The Bertz CT molecular complexity index is 828. The fourth-order valence-corrected chi connectivity index (χ4v) is 2.99. The SMILES string of the molecule is CC(Sc1ccccc1)C(=O)Nc1cccc(Oc2cnccn2)c1. The van der Waals surface area contributed by atoms with Gasteiger partial charge in [-0.1, -0.05) is 24.3 Å². The summed E-state index contributed by atoms with van der Waals surface area (Å²) in [5, 5.41) is 2.70. The van der Waals surface area contributed by atoms with Crippen molar-refractivity contribution in [1.82, 2.24) is 9.97 Å². The van der Waals surface area contributed by atoms with Crippen LogP contribution in [0.25, 0.3) is 0 Å². The zero-order chi connectivity index (χ0) is 17.5. The molecule has 0 aliphatic carbocycles. The molecule has 25 heavy (non-hydrogen) atoms. The number of ether oxygens (including phenoxy) is 1. The van der Waals surface area contributed by atoms with Crippen molar-refractivity contribution in [3.63, 3.8) is 0 Å². The second kappa shape index (κ2) is 8.30. The number of hydrogen-bond donors (Lipinski definition) is 1. The Morgan fingerprint density at radius 2 is 1.96 bits per heavy atom. The molecule has 5 nitrogen and oxygen atoms in total. The van der Waals surface area contributed by atoms with E-state index in [1.54, 1.807) is 24.5 Å². The van der Waals surface area contributed by atoms with Gasteiger partial charge in [-0.3, -0.25) is 9.78 Å². The Balaban J connectivity index is 1.62. The van der Waals surface area contributed by atoms with Crippen LogP contribution < -0.4 is 10.1 Å². The molecule has 0 aliphatic rings. The molecule has 3 rings (SSSR count). The maximum atomic E-state index is 12.4. The molecule has 1 unspecified atom stereocenters. The molecule has 6 heteroatoms. The first-order chi connectivity index (χ1) is 12.2. The summed E-state index contributed by atoms with van der Waals surface area (Å²) in [7, 11) is 0. The van der Waals surface area contributed by atoms with Crippen molar-refractivity contribution in [2.75, 3.05) is 5.32 Å². The van der Waals surface area contributed by atoms with Crippen LogP contribution in [-0.2, 0) is 4.79 Å². The first-order valence-electron chi connectivity index (χ1n) is 7.77. The van der Waals surface area contributed by atoms with Crippen LogP contribution >= 0.6 is 11.8 Å². The highest BCUT2D eigenvalue weighted by molar-refractivity contribution is 8.00. The van der Waals surface area contributed by atoms with Gasteiger partial charge in [-0.25, -0.2) is 4.98 Å². The lowest BCUT2D eigenvalue weighted by atomic mass is 10.3. The van der Waals surface area contributed by atoms with Crippen LogP contribution in [0.5, 0.6) is 11.6 Å². The van der Waals surface area contributed by atoms with Crippen LogP contribution in [0.15, 0.2) is 78.1 Å². The van der Waals surface area contributed by atoms with Gasteiger partial charge in [-0.15, -0.1) is 11.8 Å². The minimum atomic E-state index is -0.216. The summed E-state index contributed by atoms with van der Waals surface area (Å²) in [4.78, 5) is 21.5. The van der Waals surface area contributed by atoms with Gasteiger partial charge < -0.3 is 10.1 Å². The number of anilines is 1. The van der Waals surface area contributed by atoms with E-state index in [1.165, 1.54) is 18.0 Å². The minimum absolute atomic E-state index is 0.0643. The predicted molar refractivity (Wildman–Crippen MR) is 98.9 cm³/mol. The van der Waals surface area contributed by atoms with E-state index < -0.39 is 0 Å². The summed E-state index contributed by atoms with van der Waals surface area (Å²) in [5.41, 5.74) is 0.673. The van der Waals surface area contributed by atoms with Crippen molar-refractivity contribution in [1.29, 1.82) is 0 Å². The molecule has 1 aromatic heterocycles. The summed E-state index contributed by atoms with van der Waals surface area (Å²) in [6.45, 7) is 1.88. The number of aromatic nitrogens is 2. The second-order valence-corrected chi connectivity index (χ2v) is 6.65. The molecule has 0 saturated heterocycles. The number of nitrogens with one attached hydrogen (secondary N) is 1. The maximum absolute atomic E-state index is 12.4. The summed E-state index contributed by atoms with van der Waals surface area (Å²) in [5.74, 6) is 0.922. The van der Waals surface area contributed by atoms with Crippen molar-refractivity contribution in [2.24, 2.45) is 0 Å². The Morgan fingerprint density at radius 3 is 2.72 bits per heavy atom. The molecule has 0 spiro atoms. The Morgan fingerprint density at radius 1 is 1.12 bits per heavy atom. The molecule has 0 radical (unpaired) electrons. The smallest absolute Gasteiger partial charge is 0.237 e. The third kappa shape index (κ3) is 5.06. The Hall–Kier alpha value is -2.86. The van der Waals surface area contributed by atoms with E-state index in [9.17, 15) is 4.79 Å². The van der Waals surface area contributed by atoms with E-state index in [0.29, 0.717) is 17.3 Å². The molecule has 1 heterocycles. The zero-order valence-electron chi connectivity index (χ0n) is 13.6. The van der Waals surface area contributed by atoms with E-state index in [-0.39, 0.29) is 11.2 Å². The average molecular weight is 351 g/mol. The summed E-state index contributed by atoms with van der Waals surface area (Å²) in [6, 6.07) is 17.0. The van der Waals surface area contributed by atoms with Crippen LogP contribution in [0.1, 0.15) is 6.92 Å². The molecular weight excluding hydrogens is 334 g/mol. The molecule has 0 bridgehead atoms. The van der Waals surface area contributed by atoms with Crippen molar-refractivity contribution in [3.05, 3.63) is 73.2 Å². The monoisotopic (exact) mass is 351 g/mol. The van der Waals surface area contributed by atoms with Gasteiger partial charge in [-0.05, 0) is 31.2 Å². The highest BCUT2D eigenvalue weighted by Gasteiger charge is 2.14. The molecule has 126 valence electrons. The minimum Gasteiger partial charge on any atom is -0.437 e. The molecule has 2 aromatic carbocycles. The Labute approximate surface area is 150 Å². The van der Waals surface area contributed by atoms with E-state index in [0.717, 1.165) is 4.90 Å². The highest BCUT2D eigenvalue weighted by Crippen LogP contribution is 2.25. The number of carbonyl (C=O) groups is 1. The van der Waals surface area contributed by atoms with E-state index in [1.807, 2.05) is 49.4 Å². The van der Waals surface area contributed by atoms with Crippen molar-refractivity contribution in [2.45, 2.75) is 17.1 Å². The summed E-state index contributed by atoms with van der Waals surface area (Å²) < 4.78 is 5.63. The van der Waals surface area contributed by atoms with Gasteiger partial charge in [-0.2, -0.15) is 0 Å². The van der Waals surface area contributed by atoms with Crippen LogP contribution in [0.3, 0.4) is 0 Å². The lowest BCUT2D eigenvalue weighted by Crippen LogP contribution is -2.22. The normalized spacial score (nSPS) is 11.6. The second-order valence-electron chi connectivity index (χ2n) is 5.24. The number of amides is 1. The quantitative estimate of drug-likeness (QED) is 0.667. The van der Waals surface area contributed by atoms with Crippen LogP contribution in [0.4, 0.5) is 5.69 Å². The molecule has 0 fully saturated rings. The first-order valence-corrected chi connectivity index (χ1v) is 8.65. The van der Waals surface area contributed by atoms with Gasteiger partial charge in [0.25, 0.3) is 0 Å². The van der Waals surface area contributed by atoms with Crippen molar-refractivity contribution >= 4 is 23.4 Å². The molecule has 1 N–H and O–H groups in total. The zero-order valence-corrected chi connectivity index (χ0v) is 14.4. The molecule has 0 aliphatic heterocycles. The number of nitrogens with zero attached hydrogens (tertiary/aromatic N) is 2. The molecule has 1 atom stereocenters. The summed E-state index contributed by atoms with van der Waals surface area (Å²) in [6.07, 6.45) is 4.67. The lowest BCUT2D eigenvalue weighted by molar-refractivity contribution is -0.115. The molecule has 3 aromatic rings. The number of thioether (sulfide) groups is 1. The fourth-order valence-electron chi connectivity index (χ4n) is 2.10. The van der Waals surface area contributed by atoms with Gasteiger partial charge >= 0.3 is 0 Å². The van der Waals surface area contributed by atoms with Crippen LogP contribution in [0.2, 0.25) is 0 Å². The number of benzene rings is 2. The number of carbonyl (C=O) groups excluding carboxylic acids is 1.